The van der Waals surface area contributed by atoms with Gasteiger partial charge in [-0.05, 0) is 116 Å². The fourth-order valence-corrected chi connectivity index (χ4v) is 8.05. The normalized spacial score (nSPS) is 11.2. The molecule has 0 saturated heterocycles. The van der Waals surface area contributed by atoms with Gasteiger partial charge in [-0.2, -0.15) is 0 Å². The molecule has 0 fully saturated rings. The number of nitrogens with zero attached hydrogens (tertiary/aromatic N) is 2. The van der Waals surface area contributed by atoms with Gasteiger partial charge in [-0.3, -0.25) is 0 Å². The van der Waals surface area contributed by atoms with E-state index in [0.717, 1.165) is 34.1 Å². The minimum absolute atomic E-state index is 1.11. The SMILES string of the molecule is c1ccc(-c2ccc(N(c3ccc(-c4ccccc4)cc3)c3ccc4c(ccc5cc(N(c6ccccc6)c6cccc7ccccc67)ccc54)c3)cc2)cc1. The first kappa shape index (κ1) is 33.2. The Morgan fingerprint density at radius 3 is 1.18 bits per heavy atom. The van der Waals surface area contributed by atoms with Crippen molar-refractivity contribution in [2.45, 2.75) is 0 Å². The van der Waals surface area contributed by atoms with E-state index in [0.29, 0.717) is 0 Å². The van der Waals surface area contributed by atoms with Crippen LogP contribution in [0.3, 0.4) is 0 Å². The predicted molar refractivity (Wildman–Crippen MR) is 239 cm³/mol. The number of rotatable bonds is 8. The summed E-state index contributed by atoms with van der Waals surface area (Å²) in [5.41, 5.74) is 11.6. The number of hydrogen-bond acceptors (Lipinski definition) is 2. The van der Waals surface area contributed by atoms with E-state index >= 15 is 0 Å². The molecule has 2 nitrogen and oxygen atoms in total. The molecule has 0 atom stereocenters. The van der Waals surface area contributed by atoms with Gasteiger partial charge in [0, 0.05) is 33.8 Å². The maximum absolute atomic E-state index is 2.37. The van der Waals surface area contributed by atoms with Crippen molar-refractivity contribution in [1.29, 1.82) is 0 Å². The van der Waals surface area contributed by atoms with Gasteiger partial charge in [0.1, 0.15) is 0 Å². The molecular formula is C54H38N2. The fraction of sp³-hybridized carbons (Fsp3) is 0. The molecule has 0 spiro atoms. The van der Waals surface area contributed by atoms with Crippen LogP contribution in [0.1, 0.15) is 0 Å². The summed E-state index contributed by atoms with van der Waals surface area (Å²) in [6.07, 6.45) is 0. The molecule has 0 amide bonds. The monoisotopic (exact) mass is 714 g/mol. The zero-order chi connectivity index (χ0) is 37.3. The first-order valence-electron chi connectivity index (χ1n) is 19.2. The van der Waals surface area contributed by atoms with E-state index in [2.05, 4.69) is 240 Å². The molecule has 0 heterocycles. The zero-order valence-electron chi connectivity index (χ0n) is 30.8. The van der Waals surface area contributed by atoms with Crippen LogP contribution in [0.15, 0.2) is 231 Å². The standard InChI is InChI=1S/C54H38N2/c1-4-13-39(14-5-1)41-25-29-47(30-26-41)55(48-31-27-42(28-32-48)40-15-6-2-7-16-40)49-33-35-51-44(37-49)23-24-45-38-50(34-36-52(45)51)56(46-19-8-3-9-20-46)54-22-12-18-43-17-10-11-21-53(43)54/h1-38H. The molecule has 0 aliphatic heterocycles. The molecule has 0 unspecified atom stereocenters. The second-order valence-corrected chi connectivity index (χ2v) is 14.2. The van der Waals surface area contributed by atoms with Crippen LogP contribution < -0.4 is 9.80 Å². The molecule has 0 radical (unpaired) electrons. The quantitative estimate of drug-likeness (QED) is 0.145. The average molecular weight is 715 g/mol. The molecule has 0 aliphatic rings. The Morgan fingerprint density at radius 1 is 0.214 bits per heavy atom. The molecule has 0 bridgehead atoms. The van der Waals surface area contributed by atoms with Crippen LogP contribution >= 0.6 is 0 Å². The summed E-state index contributed by atoms with van der Waals surface area (Å²) in [6, 6.07) is 83.1. The van der Waals surface area contributed by atoms with Crippen molar-refractivity contribution in [1.82, 2.24) is 0 Å². The van der Waals surface area contributed by atoms with Gasteiger partial charge >= 0.3 is 0 Å². The van der Waals surface area contributed by atoms with Crippen molar-refractivity contribution in [3.8, 4) is 22.3 Å². The third-order valence-corrected chi connectivity index (χ3v) is 10.8. The molecule has 10 aromatic rings. The maximum Gasteiger partial charge on any atom is 0.0540 e. The molecule has 56 heavy (non-hydrogen) atoms. The highest BCUT2D eigenvalue weighted by Gasteiger charge is 2.18. The summed E-state index contributed by atoms with van der Waals surface area (Å²) in [6.45, 7) is 0. The Labute approximate surface area is 327 Å². The molecular weight excluding hydrogens is 677 g/mol. The summed E-state index contributed by atoms with van der Waals surface area (Å²) in [7, 11) is 0. The van der Waals surface area contributed by atoms with E-state index < -0.39 is 0 Å². The Hall–Kier alpha value is -7.42. The molecule has 0 N–H and O–H groups in total. The van der Waals surface area contributed by atoms with Crippen LogP contribution in [0.5, 0.6) is 0 Å². The van der Waals surface area contributed by atoms with Gasteiger partial charge < -0.3 is 9.80 Å². The van der Waals surface area contributed by atoms with Crippen LogP contribution in [-0.4, -0.2) is 0 Å². The lowest BCUT2D eigenvalue weighted by Crippen LogP contribution is -2.10. The van der Waals surface area contributed by atoms with Crippen LogP contribution in [-0.2, 0) is 0 Å². The van der Waals surface area contributed by atoms with Crippen molar-refractivity contribution in [2.75, 3.05) is 9.80 Å². The summed E-state index contributed by atoms with van der Waals surface area (Å²) in [5, 5.41) is 7.31. The Kier molecular flexibility index (Phi) is 8.55. The van der Waals surface area contributed by atoms with E-state index in [1.807, 2.05) is 0 Å². The van der Waals surface area contributed by atoms with E-state index in [-0.39, 0.29) is 0 Å². The smallest absolute Gasteiger partial charge is 0.0540 e. The minimum atomic E-state index is 1.11. The van der Waals surface area contributed by atoms with Gasteiger partial charge in [0.15, 0.2) is 0 Å². The minimum Gasteiger partial charge on any atom is -0.310 e. The number of fused-ring (bicyclic) bond motifs is 4. The van der Waals surface area contributed by atoms with Gasteiger partial charge in [-0.1, -0.05) is 164 Å². The van der Waals surface area contributed by atoms with Gasteiger partial charge in [0.05, 0.1) is 5.69 Å². The van der Waals surface area contributed by atoms with E-state index in [9.17, 15) is 0 Å². The number of para-hydroxylation sites is 1. The van der Waals surface area contributed by atoms with Crippen LogP contribution in [0.4, 0.5) is 34.1 Å². The highest BCUT2D eigenvalue weighted by molar-refractivity contribution is 6.10. The van der Waals surface area contributed by atoms with Gasteiger partial charge in [0.25, 0.3) is 0 Å². The topological polar surface area (TPSA) is 6.48 Å². The summed E-state index contributed by atoms with van der Waals surface area (Å²) in [5.74, 6) is 0. The number of benzene rings is 10. The fourth-order valence-electron chi connectivity index (χ4n) is 8.05. The van der Waals surface area contributed by atoms with Crippen molar-refractivity contribution in [3.63, 3.8) is 0 Å². The average Bonchev–Trinajstić information content (AvgIpc) is 3.28. The summed E-state index contributed by atoms with van der Waals surface area (Å²) < 4.78 is 0. The molecule has 0 aliphatic carbocycles. The lowest BCUT2D eigenvalue weighted by atomic mass is 9.99. The highest BCUT2D eigenvalue weighted by atomic mass is 15.1. The first-order valence-corrected chi connectivity index (χ1v) is 19.2. The molecule has 0 aromatic heterocycles. The summed E-state index contributed by atoms with van der Waals surface area (Å²) in [4.78, 5) is 4.73. The molecule has 2 heteroatoms. The largest absolute Gasteiger partial charge is 0.310 e. The maximum atomic E-state index is 2.37. The first-order chi connectivity index (χ1) is 27.8. The van der Waals surface area contributed by atoms with E-state index in [1.54, 1.807) is 0 Å². The Bertz CT molecular complexity index is 2850. The third kappa shape index (κ3) is 6.24. The van der Waals surface area contributed by atoms with E-state index in [1.165, 1.54) is 54.6 Å². The zero-order valence-corrected chi connectivity index (χ0v) is 30.8. The number of anilines is 6. The van der Waals surface area contributed by atoms with Gasteiger partial charge in [0.2, 0.25) is 0 Å². The van der Waals surface area contributed by atoms with Crippen molar-refractivity contribution in [3.05, 3.63) is 231 Å². The van der Waals surface area contributed by atoms with Crippen molar-refractivity contribution >= 4 is 66.4 Å². The van der Waals surface area contributed by atoms with Crippen LogP contribution in [0.2, 0.25) is 0 Å². The molecule has 0 saturated carbocycles. The Morgan fingerprint density at radius 2 is 0.625 bits per heavy atom. The number of hydrogen-bond donors (Lipinski definition) is 0. The van der Waals surface area contributed by atoms with Crippen molar-refractivity contribution < 1.29 is 0 Å². The van der Waals surface area contributed by atoms with E-state index in [4.69, 9.17) is 0 Å². The highest BCUT2D eigenvalue weighted by Crippen LogP contribution is 2.42. The molecule has 10 aromatic carbocycles. The van der Waals surface area contributed by atoms with Crippen LogP contribution in [0.25, 0.3) is 54.6 Å². The van der Waals surface area contributed by atoms with Gasteiger partial charge in [-0.15, -0.1) is 0 Å². The second-order valence-electron chi connectivity index (χ2n) is 14.2. The lowest BCUT2D eigenvalue weighted by molar-refractivity contribution is 1.29. The predicted octanol–water partition coefficient (Wildman–Crippen LogP) is 15.4. The van der Waals surface area contributed by atoms with Gasteiger partial charge in [-0.25, -0.2) is 0 Å². The molecule has 264 valence electrons. The second kappa shape index (κ2) is 14.4. The van der Waals surface area contributed by atoms with Crippen LogP contribution in [0, 0.1) is 0 Å². The Balaban J connectivity index is 1.06. The summed E-state index contributed by atoms with van der Waals surface area (Å²) >= 11 is 0. The molecule has 10 rings (SSSR count). The lowest BCUT2D eigenvalue weighted by Gasteiger charge is -2.27. The third-order valence-electron chi connectivity index (χ3n) is 10.8. The van der Waals surface area contributed by atoms with Crippen molar-refractivity contribution in [2.24, 2.45) is 0 Å².